The van der Waals surface area contributed by atoms with E-state index in [0.717, 1.165) is 18.5 Å². The summed E-state index contributed by atoms with van der Waals surface area (Å²) in [5.41, 5.74) is 27.4. The zero-order valence-corrected chi connectivity index (χ0v) is 49.8. The van der Waals surface area contributed by atoms with Crippen LogP contribution in [0.3, 0.4) is 0 Å². The maximum atomic E-state index is 2.78. The van der Waals surface area contributed by atoms with E-state index in [4.69, 9.17) is 0 Å². The lowest BCUT2D eigenvalue weighted by Gasteiger charge is -2.53. The van der Waals surface area contributed by atoms with Gasteiger partial charge in [0.05, 0.1) is 16.6 Å². The van der Waals surface area contributed by atoms with Gasteiger partial charge in [0.2, 0.25) is 0 Å². The second-order valence-electron chi connectivity index (χ2n) is 28.1. The first-order valence-electron chi connectivity index (χ1n) is 29.4. The first-order valence-corrected chi connectivity index (χ1v) is 29.4. The van der Waals surface area contributed by atoms with Crippen LogP contribution in [0.5, 0.6) is 0 Å². The molecule has 4 heteroatoms. The first kappa shape index (κ1) is 51.9. The second kappa shape index (κ2) is 18.0. The van der Waals surface area contributed by atoms with Gasteiger partial charge in [-0.2, -0.15) is 0 Å². The van der Waals surface area contributed by atoms with Crippen molar-refractivity contribution in [2.24, 2.45) is 0 Å². The molecular weight excluding hydrogens is 966 g/mol. The molecule has 9 aromatic rings. The average molecular weight is 1040 g/mol. The fraction of sp³-hybridized carbons (Fsp3) is 0.289. The largest absolute Gasteiger partial charge is 0.330 e. The number of hydrogen-bond donors (Lipinski definition) is 0. The SMILES string of the molecule is Cc1cc2c3c(c1)N(c1ccc(C(C)(C)C)cc1-c1ccccc1)c1ccc(C(C)(C)C)cc1B3c1ccc(N3c4ccc(C(C)(C)C)cc4C4(c5ccccc5)CCc5ccccc5C34C)cc1N2c1ccc(C(C)(C)C)cc1. The highest BCUT2D eigenvalue weighted by Crippen LogP contribution is 2.67. The second-order valence-corrected chi connectivity index (χ2v) is 28.1. The molecule has 80 heavy (non-hydrogen) atoms. The van der Waals surface area contributed by atoms with Crippen LogP contribution >= 0.6 is 0 Å². The molecule has 0 amide bonds. The van der Waals surface area contributed by atoms with Crippen LogP contribution in [0.2, 0.25) is 0 Å². The highest BCUT2D eigenvalue weighted by Gasteiger charge is 2.63. The summed E-state index contributed by atoms with van der Waals surface area (Å²) in [6, 6.07) is 76.1. The number of aryl methyl sites for hydroxylation is 2. The van der Waals surface area contributed by atoms with Crippen molar-refractivity contribution in [1.82, 2.24) is 0 Å². The average Bonchev–Trinajstić information content (AvgIpc) is 1.73. The van der Waals surface area contributed by atoms with E-state index in [1.54, 1.807) is 0 Å². The predicted molar refractivity (Wildman–Crippen MR) is 343 cm³/mol. The van der Waals surface area contributed by atoms with Crippen LogP contribution in [0.4, 0.5) is 45.5 Å². The van der Waals surface area contributed by atoms with Crippen LogP contribution in [0.1, 0.15) is 147 Å². The summed E-state index contributed by atoms with van der Waals surface area (Å²) in [6.07, 6.45) is 2.02. The Morgan fingerprint density at radius 2 is 0.950 bits per heavy atom. The molecule has 3 nitrogen and oxygen atoms in total. The van der Waals surface area contributed by atoms with E-state index >= 15 is 0 Å². The van der Waals surface area contributed by atoms with Gasteiger partial charge in [0.1, 0.15) is 0 Å². The van der Waals surface area contributed by atoms with E-state index in [1.165, 1.54) is 117 Å². The molecule has 0 N–H and O–H groups in total. The van der Waals surface area contributed by atoms with Crippen molar-refractivity contribution in [1.29, 1.82) is 0 Å². The normalized spacial score (nSPS) is 18.3. The van der Waals surface area contributed by atoms with E-state index in [-0.39, 0.29) is 33.8 Å². The molecule has 3 heterocycles. The topological polar surface area (TPSA) is 9.72 Å². The Bertz CT molecular complexity index is 3920. The molecule has 2 atom stereocenters. The van der Waals surface area contributed by atoms with E-state index in [2.05, 4.69) is 306 Å². The van der Waals surface area contributed by atoms with Gasteiger partial charge in [0.15, 0.2) is 0 Å². The number of benzene rings is 9. The Morgan fingerprint density at radius 3 is 1.60 bits per heavy atom. The molecule has 0 radical (unpaired) electrons. The van der Waals surface area contributed by atoms with Crippen molar-refractivity contribution in [3.8, 4) is 11.1 Å². The lowest BCUT2D eigenvalue weighted by Crippen LogP contribution is -2.61. The number of nitrogens with zero attached hydrogens (tertiary/aromatic N) is 3. The standard InChI is InChI=1S/C76H78BN3/c1-49-43-68-70-69(44-49)79(64-38-31-54(72(5,6)7)45-59(64)50-23-17-15-18-24-50)66-40-33-56(74(11,12)13)47-63(66)77(70)62-37-36-58(48-67(62)78(68)57-34-29-52(30-35-57)71(2,3)4)80-65-39-32-55(73(8,9)10)46-61(65)76(53-26-19-16-20-27-53)42-41-51-25-21-22-28-60(51)75(76,80)14/h15-40,43-48H,41-42H2,1-14H3. The zero-order chi connectivity index (χ0) is 56.1. The monoisotopic (exact) mass is 1040 g/mol. The molecular formula is C76H78BN3. The third kappa shape index (κ3) is 7.82. The molecule has 4 aliphatic rings. The van der Waals surface area contributed by atoms with Crippen molar-refractivity contribution in [3.05, 3.63) is 244 Å². The lowest BCUT2D eigenvalue weighted by atomic mass is 9.33. The van der Waals surface area contributed by atoms with Crippen molar-refractivity contribution in [2.45, 2.75) is 142 Å². The minimum atomic E-state index is -0.482. The minimum absolute atomic E-state index is 0.0000553. The molecule has 1 aliphatic carbocycles. The van der Waals surface area contributed by atoms with E-state index in [1.807, 2.05) is 0 Å². The molecule has 0 saturated carbocycles. The maximum absolute atomic E-state index is 2.78. The highest BCUT2D eigenvalue weighted by molar-refractivity contribution is 7.00. The molecule has 0 aromatic heterocycles. The van der Waals surface area contributed by atoms with E-state index < -0.39 is 5.54 Å². The molecule has 0 bridgehead atoms. The zero-order valence-electron chi connectivity index (χ0n) is 49.8. The van der Waals surface area contributed by atoms with Gasteiger partial charge in [-0.3, -0.25) is 0 Å². The molecule has 0 spiro atoms. The van der Waals surface area contributed by atoms with Gasteiger partial charge in [-0.05, 0) is 181 Å². The first-order chi connectivity index (χ1) is 38.0. The Kier molecular flexibility index (Phi) is 11.7. The molecule has 400 valence electrons. The third-order valence-corrected chi connectivity index (χ3v) is 18.9. The van der Waals surface area contributed by atoms with Crippen LogP contribution in [0.15, 0.2) is 194 Å². The third-order valence-electron chi connectivity index (χ3n) is 18.9. The summed E-state index contributed by atoms with van der Waals surface area (Å²) in [4.78, 5) is 8.03. The van der Waals surface area contributed by atoms with Crippen molar-refractivity contribution >= 4 is 68.6 Å². The number of anilines is 8. The van der Waals surface area contributed by atoms with Crippen molar-refractivity contribution in [2.75, 3.05) is 14.7 Å². The molecule has 2 unspecified atom stereocenters. The van der Waals surface area contributed by atoms with Gasteiger partial charge in [0, 0.05) is 45.4 Å². The summed E-state index contributed by atoms with van der Waals surface area (Å²) < 4.78 is 0. The Balaban J connectivity index is 1.11. The minimum Gasteiger partial charge on any atom is -0.330 e. The Morgan fingerprint density at radius 1 is 0.412 bits per heavy atom. The van der Waals surface area contributed by atoms with Gasteiger partial charge in [-0.1, -0.05) is 217 Å². The van der Waals surface area contributed by atoms with E-state index in [0.29, 0.717) is 0 Å². The van der Waals surface area contributed by atoms with Gasteiger partial charge >= 0.3 is 0 Å². The van der Waals surface area contributed by atoms with Crippen molar-refractivity contribution < 1.29 is 0 Å². The van der Waals surface area contributed by atoms with Crippen LogP contribution in [0.25, 0.3) is 11.1 Å². The fourth-order valence-corrected chi connectivity index (χ4v) is 14.6. The lowest BCUT2D eigenvalue weighted by molar-refractivity contribution is 0.270. The smallest absolute Gasteiger partial charge is 0.252 e. The summed E-state index contributed by atoms with van der Waals surface area (Å²) in [5, 5.41) is 0. The highest BCUT2D eigenvalue weighted by atomic mass is 15.3. The molecule has 0 fully saturated rings. The van der Waals surface area contributed by atoms with Crippen LogP contribution in [-0.2, 0) is 39.0 Å². The van der Waals surface area contributed by atoms with Gasteiger partial charge in [-0.15, -0.1) is 0 Å². The van der Waals surface area contributed by atoms with E-state index in [9.17, 15) is 0 Å². The summed E-state index contributed by atoms with van der Waals surface area (Å²) >= 11 is 0. The number of fused-ring (bicyclic) bond motifs is 9. The van der Waals surface area contributed by atoms with Gasteiger partial charge in [0.25, 0.3) is 6.71 Å². The summed E-state index contributed by atoms with van der Waals surface area (Å²) in [7, 11) is 0. The van der Waals surface area contributed by atoms with Crippen LogP contribution in [0, 0.1) is 6.92 Å². The summed E-state index contributed by atoms with van der Waals surface area (Å²) in [6.45, 7) is 32.9. The maximum Gasteiger partial charge on any atom is 0.252 e. The van der Waals surface area contributed by atoms with Crippen LogP contribution in [-0.4, -0.2) is 6.71 Å². The summed E-state index contributed by atoms with van der Waals surface area (Å²) in [5.74, 6) is 0. The van der Waals surface area contributed by atoms with Gasteiger partial charge < -0.3 is 14.7 Å². The van der Waals surface area contributed by atoms with Crippen molar-refractivity contribution in [3.63, 3.8) is 0 Å². The predicted octanol–water partition coefficient (Wildman–Crippen LogP) is 18.2. The molecule has 9 aromatic carbocycles. The number of hydrogen-bond acceptors (Lipinski definition) is 3. The molecule has 3 aliphatic heterocycles. The quantitative estimate of drug-likeness (QED) is 0.159. The fourth-order valence-electron chi connectivity index (χ4n) is 14.6. The van der Waals surface area contributed by atoms with Gasteiger partial charge in [-0.25, -0.2) is 0 Å². The number of rotatable bonds is 5. The Hall–Kier alpha value is -7.56. The Labute approximate surface area is 478 Å². The van der Waals surface area contributed by atoms with Crippen LogP contribution < -0.4 is 31.1 Å². The molecule has 0 saturated heterocycles. The molecule has 13 rings (SSSR count).